The number of carbonyl (C=O) groups excluding carboxylic acids is 1. The quantitative estimate of drug-likeness (QED) is 0.875. The summed E-state index contributed by atoms with van der Waals surface area (Å²) in [4.78, 5) is 11.7. The van der Waals surface area contributed by atoms with Crippen molar-refractivity contribution < 1.29 is 13.9 Å². The van der Waals surface area contributed by atoms with E-state index < -0.39 is 5.82 Å². The molecule has 2 unspecified atom stereocenters. The van der Waals surface area contributed by atoms with Gasteiger partial charge in [0.15, 0.2) is 0 Å². The van der Waals surface area contributed by atoms with Gasteiger partial charge in [-0.2, -0.15) is 0 Å². The Morgan fingerprint density at radius 3 is 3.00 bits per heavy atom. The number of ether oxygens (including phenoxy) is 1. The third-order valence-corrected chi connectivity index (χ3v) is 3.18. The van der Waals surface area contributed by atoms with Crippen LogP contribution in [0.3, 0.4) is 0 Å². The van der Waals surface area contributed by atoms with Crippen LogP contribution in [-0.2, 0) is 9.53 Å². The first kappa shape index (κ1) is 14.0. The second kappa shape index (κ2) is 6.63. The van der Waals surface area contributed by atoms with Crippen LogP contribution in [0.15, 0.2) is 24.3 Å². The molecule has 2 rings (SSSR count). The first-order valence-corrected chi connectivity index (χ1v) is 6.54. The molecular weight excluding hydrogens is 247 g/mol. The van der Waals surface area contributed by atoms with Crippen LogP contribution < -0.4 is 10.6 Å². The molecule has 2 N–H and O–H groups in total. The highest BCUT2D eigenvalue weighted by molar-refractivity contribution is 5.92. The third kappa shape index (κ3) is 4.29. The second-order valence-electron chi connectivity index (χ2n) is 4.81. The Balaban J connectivity index is 1.77. The van der Waals surface area contributed by atoms with Gasteiger partial charge in [0.1, 0.15) is 5.82 Å². The van der Waals surface area contributed by atoms with E-state index in [0.717, 1.165) is 12.8 Å². The van der Waals surface area contributed by atoms with E-state index in [0.29, 0.717) is 6.61 Å². The molecule has 4 nitrogen and oxygen atoms in total. The standard InChI is InChI=1S/C14H19FN2O2/c1-10-8-11(6-7-19-10)16-9-14(18)17-13-5-3-2-4-12(13)15/h2-5,10-11,16H,6-9H2,1H3,(H,17,18). The predicted octanol–water partition coefficient (Wildman–Crippen LogP) is 1.92. The molecule has 0 bridgehead atoms. The van der Waals surface area contributed by atoms with E-state index in [2.05, 4.69) is 10.6 Å². The van der Waals surface area contributed by atoms with E-state index in [4.69, 9.17) is 4.74 Å². The lowest BCUT2D eigenvalue weighted by molar-refractivity contribution is -0.115. The lowest BCUT2D eigenvalue weighted by Crippen LogP contribution is -2.41. The van der Waals surface area contributed by atoms with Crippen molar-refractivity contribution in [3.05, 3.63) is 30.1 Å². The molecule has 0 saturated carbocycles. The van der Waals surface area contributed by atoms with E-state index in [1.165, 1.54) is 6.07 Å². The van der Waals surface area contributed by atoms with Gasteiger partial charge in [0.25, 0.3) is 0 Å². The SMILES string of the molecule is CC1CC(NCC(=O)Nc2ccccc2F)CCO1. The minimum Gasteiger partial charge on any atom is -0.378 e. The van der Waals surface area contributed by atoms with Gasteiger partial charge >= 0.3 is 0 Å². The lowest BCUT2D eigenvalue weighted by atomic mass is 10.0. The monoisotopic (exact) mass is 266 g/mol. The molecule has 0 aromatic heterocycles. The van der Waals surface area contributed by atoms with Gasteiger partial charge in [0, 0.05) is 12.6 Å². The highest BCUT2D eigenvalue weighted by Gasteiger charge is 2.19. The van der Waals surface area contributed by atoms with Gasteiger partial charge in [-0.05, 0) is 31.9 Å². The first-order valence-electron chi connectivity index (χ1n) is 6.54. The maximum absolute atomic E-state index is 13.3. The number of hydrogen-bond acceptors (Lipinski definition) is 3. The highest BCUT2D eigenvalue weighted by Crippen LogP contribution is 2.14. The van der Waals surface area contributed by atoms with Crippen LogP contribution in [0, 0.1) is 5.82 Å². The van der Waals surface area contributed by atoms with Gasteiger partial charge in [0.05, 0.1) is 18.3 Å². The van der Waals surface area contributed by atoms with Gasteiger partial charge in [-0.1, -0.05) is 12.1 Å². The second-order valence-corrected chi connectivity index (χ2v) is 4.81. The molecule has 1 fully saturated rings. The summed E-state index contributed by atoms with van der Waals surface area (Å²) < 4.78 is 18.8. The fraction of sp³-hybridized carbons (Fsp3) is 0.500. The summed E-state index contributed by atoms with van der Waals surface area (Å²) >= 11 is 0. The van der Waals surface area contributed by atoms with Gasteiger partial charge in [-0.25, -0.2) is 4.39 Å². The van der Waals surface area contributed by atoms with Crippen molar-refractivity contribution in [2.75, 3.05) is 18.5 Å². The van der Waals surface area contributed by atoms with Crippen molar-refractivity contribution >= 4 is 11.6 Å². The Morgan fingerprint density at radius 2 is 2.26 bits per heavy atom. The largest absolute Gasteiger partial charge is 0.378 e. The van der Waals surface area contributed by atoms with Gasteiger partial charge in [0.2, 0.25) is 5.91 Å². The fourth-order valence-corrected chi connectivity index (χ4v) is 2.18. The van der Waals surface area contributed by atoms with Crippen LogP contribution in [0.25, 0.3) is 0 Å². The van der Waals surface area contributed by atoms with Crippen LogP contribution >= 0.6 is 0 Å². The summed E-state index contributed by atoms with van der Waals surface area (Å²) in [5.74, 6) is -0.653. The number of amides is 1. The zero-order chi connectivity index (χ0) is 13.7. The predicted molar refractivity (Wildman–Crippen MR) is 71.5 cm³/mol. The zero-order valence-electron chi connectivity index (χ0n) is 11.0. The van der Waals surface area contributed by atoms with Crippen LogP contribution in [0.4, 0.5) is 10.1 Å². The van der Waals surface area contributed by atoms with Crippen molar-refractivity contribution in [3.8, 4) is 0 Å². The van der Waals surface area contributed by atoms with Crippen LogP contribution in [0.5, 0.6) is 0 Å². The Labute approximate surface area is 112 Å². The minimum absolute atomic E-state index is 0.186. The number of para-hydroxylation sites is 1. The molecule has 1 aromatic rings. The smallest absolute Gasteiger partial charge is 0.238 e. The number of halogens is 1. The van der Waals surface area contributed by atoms with Crippen LogP contribution in [-0.4, -0.2) is 31.2 Å². The fourth-order valence-electron chi connectivity index (χ4n) is 2.18. The summed E-state index contributed by atoms with van der Waals surface area (Å²) in [6.45, 7) is 2.92. The van der Waals surface area contributed by atoms with Crippen LogP contribution in [0.2, 0.25) is 0 Å². The van der Waals surface area contributed by atoms with E-state index in [1.807, 2.05) is 6.92 Å². The average Bonchev–Trinajstić information content (AvgIpc) is 2.39. The van der Waals surface area contributed by atoms with Crippen molar-refractivity contribution in [3.63, 3.8) is 0 Å². The van der Waals surface area contributed by atoms with Crippen molar-refractivity contribution in [2.45, 2.75) is 31.9 Å². The summed E-state index contributed by atoms with van der Waals surface area (Å²) in [7, 11) is 0. The number of carbonyl (C=O) groups is 1. The number of anilines is 1. The molecule has 104 valence electrons. The number of rotatable bonds is 4. The maximum Gasteiger partial charge on any atom is 0.238 e. The summed E-state index contributed by atoms with van der Waals surface area (Å²) in [5.41, 5.74) is 0.217. The van der Waals surface area contributed by atoms with E-state index in [9.17, 15) is 9.18 Å². The van der Waals surface area contributed by atoms with Gasteiger partial charge in [-0.3, -0.25) is 4.79 Å². The molecule has 0 aliphatic carbocycles. The summed E-state index contributed by atoms with van der Waals surface area (Å²) in [6.07, 6.45) is 2.02. The molecule has 1 aromatic carbocycles. The zero-order valence-corrected chi connectivity index (χ0v) is 11.0. The number of benzene rings is 1. The molecule has 2 atom stereocenters. The molecule has 19 heavy (non-hydrogen) atoms. The molecule has 0 spiro atoms. The third-order valence-electron chi connectivity index (χ3n) is 3.18. The molecule has 1 aliphatic rings. The normalized spacial score (nSPS) is 23.1. The summed E-state index contributed by atoms with van der Waals surface area (Å²) in [5, 5.41) is 5.73. The van der Waals surface area contributed by atoms with Crippen LogP contribution in [0.1, 0.15) is 19.8 Å². The van der Waals surface area contributed by atoms with Crippen molar-refractivity contribution in [1.29, 1.82) is 0 Å². The molecule has 5 heteroatoms. The number of hydrogen-bond donors (Lipinski definition) is 2. The Bertz CT molecular complexity index is 439. The minimum atomic E-state index is -0.421. The molecule has 1 aliphatic heterocycles. The topological polar surface area (TPSA) is 50.4 Å². The number of nitrogens with one attached hydrogen (secondary N) is 2. The maximum atomic E-state index is 13.3. The van der Waals surface area contributed by atoms with Gasteiger partial charge in [-0.15, -0.1) is 0 Å². The molecule has 1 saturated heterocycles. The van der Waals surface area contributed by atoms with E-state index in [-0.39, 0.29) is 30.3 Å². The molecule has 1 heterocycles. The van der Waals surface area contributed by atoms with E-state index >= 15 is 0 Å². The summed E-state index contributed by atoms with van der Waals surface area (Å²) in [6, 6.07) is 6.43. The van der Waals surface area contributed by atoms with E-state index in [1.54, 1.807) is 18.2 Å². The van der Waals surface area contributed by atoms with Crippen molar-refractivity contribution in [1.82, 2.24) is 5.32 Å². The average molecular weight is 266 g/mol. The Kier molecular flexibility index (Phi) is 4.87. The highest BCUT2D eigenvalue weighted by atomic mass is 19.1. The first-order chi connectivity index (χ1) is 9.15. The van der Waals surface area contributed by atoms with Crippen molar-refractivity contribution in [2.24, 2.45) is 0 Å². The Morgan fingerprint density at radius 1 is 1.47 bits per heavy atom. The van der Waals surface area contributed by atoms with Gasteiger partial charge < -0.3 is 15.4 Å². The molecule has 0 radical (unpaired) electrons. The molecule has 1 amide bonds. The lowest BCUT2D eigenvalue weighted by Gasteiger charge is -2.27. The Hall–Kier alpha value is -1.46. The molecular formula is C14H19FN2O2.